The highest BCUT2D eigenvalue weighted by Crippen LogP contribution is 2.40. The van der Waals surface area contributed by atoms with Gasteiger partial charge in [0.25, 0.3) is 0 Å². The van der Waals surface area contributed by atoms with Crippen molar-refractivity contribution in [3.63, 3.8) is 0 Å². The van der Waals surface area contributed by atoms with Crippen LogP contribution in [0.4, 0.5) is 0 Å². The minimum atomic E-state index is -1.01. The SMILES string of the molecule is CCn1nc(-c2cccc(OCc3ccc(OC)cc3)c2C2OCCO2)c(C)c1C(=O)O. The monoisotopic (exact) mass is 438 g/mol. The molecule has 0 aliphatic carbocycles. The van der Waals surface area contributed by atoms with Gasteiger partial charge in [0, 0.05) is 17.7 Å². The molecule has 0 atom stereocenters. The zero-order chi connectivity index (χ0) is 22.7. The number of methoxy groups -OCH3 is 1. The molecule has 0 unspecified atom stereocenters. The topological polar surface area (TPSA) is 92.0 Å². The molecule has 0 saturated carbocycles. The largest absolute Gasteiger partial charge is 0.497 e. The zero-order valence-corrected chi connectivity index (χ0v) is 18.3. The van der Waals surface area contributed by atoms with Gasteiger partial charge in [0.1, 0.15) is 23.8 Å². The normalized spacial score (nSPS) is 14.0. The van der Waals surface area contributed by atoms with Crippen LogP contribution >= 0.6 is 0 Å². The molecule has 8 nitrogen and oxygen atoms in total. The molecular weight excluding hydrogens is 412 g/mol. The van der Waals surface area contributed by atoms with Crippen LogP contribution in [0.15, 0.2) is 42.5 Å². The van der Waals surface area contributed by atoms with Gasteiger partial charge >= 0.3 is 5.97 Å². The molecule has 168 valence electrons. The molecule has 1 fully saturated rings. The lowest BCUT2D eigenvalue weighted by atomic mass is 9.99. The Balaban J connectivity index is 1.74. The fourth-order valence-corrected chi connectivity index (χ4v) is 3.83. The second-order valence-electron chi connectivity index (χ2n) is 7.37. The number of carboxylic acids is 1. The summed E-state index contributed by atoms with van der Waals surface area (Å²) < 4.78 is 24.5. The minimum absolute atomic E-state index is 0.172. The highest BCUT2D eigenvalue weighted by molar-refractivity contribution is 5.90. The average Bonchev–Trinajstić information content (AvgIpc) is 3.45. The van der Waals surface area contributed by atoms with Crippen LogP contribution in [0.5, 0.6) is 11.5 Å². The Labute approximate surface area is 186 Å². The first-order valence-electron chi connectivity index (χ1n) is 10.5. The summed E-state index contributed by atoms with van der Waals surface area (Å²) in [5.74, 6) is 0.373. The van der Waals surface area contributed by atoms with Crippen molar-refractivity contribution < 1.29 is 28.8 Å². The van der Waals surface area contributed by atoms with E-state index in [0.29, 0.717) is 48.9 Å². The van der Waals surface area contributed by atoms with E-state index in [1.165, 1.54) is 4.68 Å². The number of aryl methyl sites for hydroxylation is 1. The van der Waals surface area contributed by atoms with Gasteiger partial charge in [-0.1, -0.05) is 24.3 Å². The molecule has 4 rings (SSSR count). The van der Waals surface area contributed by atoms with Crippen molar-refractivity contribution in [1.29, 1.82) is 0 Å². The Morgan fingerprint density at radius 3 is 2.50 bits per heavy atom. The smallest absolute Gasteiger partial charge is 0.354 e. The number of ether oxygens (including phenoxy) is 4. The van der Waals surface area contributed by atoms with E-state index >= 15 is 0 Å². The van der Waals surface area contributed by atoms with Gasteiger partial charge < -0.3 is 24.1 Å². The van der Waals surface area contributed by atoms with Crippen LogP contribution in [0, 0.1) is 6.92 Å². The molecule has 2 aromatic carbocycles. The summed E-state index contributed by atoms with van der Waals surface area (Å²) in [6.07, 6.45) is -0.614. The molecule has 1 saturated heterocycles. The number of benzene rings is 2. The molecule has 2 heterocycles. The van der Waals surface area contributed by atoms with E-state index in [9.17, 15) is 9.90 Å². The molecule has 32 heavy (non-hydrogen) atoms. The third-order valence-corrected chi connectivity index (χ3v) is 5.42. The standard InChI is InChI=1S/C24H26N2O6/c1-4-26-22(23(27)28)15(2)21(25-26)18-6-5-7-19(20(18)24-30-12-13-31-24)32-14-16-8-10-17(29-3)11-9-16/h5-11,24H,4,12-14H2,1-3H3,(H,27,28). The molecule has 1 aromatic heterocycles. The van der Waals surface area contributed by atoms with Gasteiger partial charge in [0.15, 0.2) is 6.29 Å². The van der Waals surface area contributed by atoms with Crippen LogP contribution in [0.25, 0.3) is 11.3 Å². The fraction of sp³-hybridized carbons (Fsp3) is 0.333. The predicted octanol–water partition coefficient (Wildman–Crippen LogP) is 4.21. The number of aromatic carboxylic acids is 1. The lowest BCUT2D eigenvalue weighted by Crippen LogP contribution is -2.09. The third kappa shape index (κ3) is 4.19. The van der Waals surface area contributed by atoms with Crippen molar-refractivity contribution in [3.05, 3.63) is 64.8 Å². The van der Waals surface area contributed by atoms with Gasteiger partial charge in [-0.3, -0.25) is 4.68 Å². The fourth-order valence-electron chi connectivity index (χ4n) is 3.83. The second-order valence-corrected chi connectivity index (χ2v) is 7.37. The van der Waals surface area contributed by atoms with Crippen LogP contribution < -0.4 is 9.47 Å². The molecular formula is C24H26N2O6. The van der Waals surface area contributed by atoms with Crippen molar-refractivity contribution in [1.82, 2.24) is 9.78 Å². The molecule has 3 aromatic rings. The van der Waals surface area contributed by atoms with Crippen LogP contribution in [0.2, 0.25) is 0 Å². The van der Waals surface area contributed by atoms with Crippen molar-refractivity contribution >= 4 is 5.97 Å². The van der Waals surface area contributed by atoms with Crippen molar-refractivity contribution in [2.24, 2.45) is 0 Å². The van der Waals surface area contributed by atoms with E-state index in [2.05, 4.69) is 5.10 Å². The van der Waals surface area contributed by atoms with Crippen LogP contribution in [0.3, 0.4) is 0 Å². The first-order chi connectivity index (χ1) is 15.5. The summed E-state index contributed by atoms with van der Waals surface area (Å²) in [4.78, 5) is 11.8. The van der Waals surface area contributed by atoms with Gasteiger partial charge in [-0.2, -0.15) is 5.10 Å². The Morgan fingerprint density at radius 2 is 1.91 bits per heavy atom. The Hall–Kier alpha value is -3.36. The average molecular weight is 438 g/mol. The second kappa shape index (κ2) is 9.42. The molecule has 0 spiro atoms. The van der Waals surface area contributed by atoms with Gasteiger partial charge in [0.05, 0.1) is 31.6 Å². The number of nitrogens with zero attached hydrogens (tertiary/aromatic N) is 2. The maximum atomic E-state index is 11.8. The minimum Gasteiger partial charge on any atom is -0.497 e. The lowest BCUT2D eigenvalue weighted by Gasteiger charge is -2.19. The number of carboxylic acid groups (broad SMARTS) is 1. The van der Waals surface area contributed by atoms with Gasteiger partial charge in [-0.25, -0.2) is 4.79 Å². The van der Waals surface area contributed by atoms with E-state index in [0.717, 1.165) is 16.9 Å². The number of hydrogen-bond donors (Lipinski definition) is 1. The van der Waals surface area contributed by atoms with Gasteiger partial charge in [0.2, 0.25) is 0 Å². The first-order valence-corrected chi connectivity index (χ1v) is 10.5. The van der Waals surface area contributed by atoms with Gasteiger partial charge in [-0.05, 0) is 37.6 Å². The Morgan fingerprint density at radius 1 is 1.19 bits per heavy atom. The van der Waals surface area contributed by atoms with Crippen LogP contribution in [-0.4, -0.2) is 41.2 Å². The van der Waals surface area contributed by atoms with E-state index < -0.39 is 12.3 Å². The molecule has 0 amide bonds. The van der Waals surface area contributed by atoms with Crippen molar-refractivity contribution in [2.45, 2.75) is 33.3 Å². The Bertz CT molecular complexity index is 1100. The van der Waals surface area contributed by atoms with E-state index in [1.807, 2.05) is 49.4 Å². The Kier molecular flexibility index (Phi) is 6.43. The number of rotatable bonds is 8. The summed E-state index contributed by atoms with van der Waals surface area (Å²) in [5, 5.41) is 14.3. The molecule has 0 bridgehead atoms. The first kappa shape index (κ1) is 21.9. The van der Waals surface area contributed by atoms with E-state index in [1.54, 1.807) is 14.0 Å². The lowest BCUT2D eigenvalue weighted by molar-refractivity contribution is -0.0454. The number of hydrogen-bond acceptors (Lipinski definition) is 6. The van der Waals surface area contributed by atoms with Crippen LogP contribution in [0.1, 0.15) is 40.4 Å². The number of aromatic nitrogens is 2. The molecule has 1 aliphatic heterocycles. The highest BCUT2D eigenvalue weighted by atomic mass is 16.7. The highest BCUT2D eigenvalue weighted by Gasteiger charge is 2.29. The van der Waals surface area contributed by atoms with E-state index in [-0.39, 0.29) is 5.69 Å². The summed E-state index contributed by atoms with van der Waals surface area (Å²) in [6.45, 7) is 5.36. The quantitative estimate of drug-likeness (QED) is 0.563. The maximum Gasteiger partial charge on any atom is 0.354 e. The molecule has 1 aliphatic rings. The third-order valence-electron chi connectivity index (χ3n) is 5.42. The van der Waals surface area contributed by atoms with E-state index in [4.69, 9.17) is 18.9 Å². The van der Waals surface area contributed by atoms with Crippen molar-refractivity contribution in [3.8, 4) is 22.8 Å². The summed E-state index contributed by atoms with van der Waals surface area (Å²) in [5.41, 5.74) is 3.76. The molecule has 8 heteroatoms. The summed E-state index contributed by atoms with van der Waals surface area (Å²) in [7, 11) is 1.63. The van der Waals surface area contributed by atoms with Crippen LogP contribution in [-0.2, 0) is 22.6 Å². The number of carbonyl (C=O) groups is 1. The van der Waals surface area contributed by atoms with Gasteiger partial charge in [-0.15, -0.1) is 0 Å². The van der Waals surface area contributed by atoms with Crippen molar-refractivity contribution in [2.75, 3.05) is 20.3 Å². The predicted molar refractivity (Wildman–Crippen MR) is 117 cm³/mol. The maximum absolute atomic E-state index is 11.8. The zero-order valence-electron chi connectivity index (χ0n) is 18.3. The summed E-state index contributed by atoms with van der Waals surface area (Å²) >= 11 is 0. The molecule has 1 N–H and O–H groups in total. The summed E-state index contributed by atoms with van der Waals surface area (Å²) in [6, 6.07) is 13.3. The molecule has 0 radical (unpaired) electrons.